The lowest BCUT2D eigenvalue weighted by atomic mass is 10.1. The average Bonchev–Trinajstić information content (AvgIpc) is 2.57. The van der Waals surface area contributed by atoms with Crippen molar-refractivity contribution in [3.63, 3.8) is 0 Å². The molecule has 0 radical (unpaired) electrons. The SMILES string of the molecule is C[C@@H](C(=O)Nc1ccccc1[N+](=O)[O-])N(C)Cc1c(F)cccc1Cl. The molecular formula is C17H17ClFN3O3. The molecule has 1 N–H and O–H groups in total. The van der Waals surface area contributed by atoms with Crippen LogP contribution in [0.15, 0.2) is 42.5 Å². The van der Waals surface area contributed by atoms with E-state index in [1.54, 1.807) is 31.0 Å². The van der Waals surface area contributed by atoms with Gasteiger partial charge >= 0.3 is 0 Å². The second-order valence-corrected chi connectivity index (χ2v) is 5.96. The summed E-state index contributed by atoms with van der Waals surface area (Å²) in [6.45, 7) is 1.75. The molecule has 0 aromatic heterocycles. The number of benzene rings is 2. The average molecular weight is 366 g/mol. The van der Waals surface area contributed by atoms with Gasteiger partial charge in [0.15, 0.2) is 0 Å². The number of hydrogen-bond acceptors (Lipinski definition) is 4. The molecule has 0 aliphatic rings. The van der Waals surface area contributed by atoms with Crippen LogP contribution < -0.4 is 5.32 Å². The summed E-state index contributed by atoms with van der Waals surface area (Å²) in [5.74, 6) is -0.894. The zero-order valence-corrected chi connectivity index (χ0v) is 14.5. The molecule has 0 aliphatic heterocycles. The van der Waals surface area contributed by atoms with Gasteiger partial charge in [-0.2, -0.15) is 0 Å². The summed E-state index contributed by atoms with van der Waals surface area (Å²) in [6, 6.07) is 9.60. The summed E-state index contributed by atoms with van der Waals surface area (Å²) in [6.07, 6.45) is 0. The van der Waals surface area contributed by atoms with Crippen LogP contribution >= 0.6 is 11.6 Å². The second-order valence-electron chi connectivity index (χ2n) is 5.55. The number of halogens is 2. The van der Waals surface area contributed by atoms with Crippen LogP contribution in [0.2, 0.25) is 5.02 Å². The van der Waals surface area contributed by atoms with E-state index < -0.39 is 22.7 Å². The monoisotopic (exact) mass is 365 g/mol. The molecule has 0 spiro atoms. The first-order chi connectivity index (χ1) is 11.8. The van der Waals surface area contributed by atoms with Crippen molar-refractivity contribution in [2.24, 2.45) is 0 Å². The summed E-state index contributed by atoms with van der Waals surface area (Å²) in [7, 11) is 1.65. The standard InChI is InChI=1S/C17H17ClFN3O3/c1-11(21(2)10-12-13(18)6-5-7-14(12)19)17(23)20-15-8-3-4-9-16(15)22(24)25/h3-9,11H,10H2,1-2H3,(H,20,23)/t11-/m0/s1. The number of nitrogens with zero attached hydrogens (tertiary/aromatic N) is 2. The first kappa shape index (κ1) is 18.8. The number of carbonyl (C=O) groups excluding carboxylic acids is 1. The Hall–Kier alpha value is -2.51. The van der Waals surface area contributed by atoms with Crippen LogP contribution in [-0.4, -0.2) is 28.8 Å². The number of para-hydroxylation sites is 2. The van der Waals surface area contributed by atoms with Crippen LogP contribution in [0, 0.1) is 15.9 Å². The van der Waals surface area contributed by atoms with Gasteiger partial charge in [0.2, 0.25) is 5.91 Å². The molecule has 1 atom stereocenters. The number of nitro groups is 1. The molecule has 2 rings (SSSR count). The van der Waals surface area contributed by atoms with E-state index in [2.05, 4.69) is 5.32 Å². The zero-order chi connectivity index (χ0) is 18.6. The van der Waals surface area contributed by atoms with Gasteiger partial charge in [-0.05, 0) is 32.2 Å². The minimum atomic E-state index is -0.657. The third-order valence-electron chi connectivity index (χ3n) is 3.87. The molecule has 0 heterocycles. The highest BCUT2D eigenvalue weighted by Gasteiger charge is 2.23. The van der Waals surface area contributed by atoms with Gasteiger partial charge < -0.3 is 5.32 Å². The Morgan fingerprint density at radius 3 is 2.64 bits per heavy atom. The number of rotatable bonds is 6. The van der Waals surface area contributed by atoms with E-state index in [1.807, 2.05) is 0 Å². The van der Waals surface area contributed by atoms with Crippen molar-refractivity contribution in [3.8, 4) is 0 Å². The van der Waals surface area contributed by atoms with Crippen molar-refractivity contribution in [1.29, 1.82) is 0 Å². The number of carbonyl (C=O) groups is 1. The highest BCUT2D eigenvalue weighted by molar-refractivity contribution is 6.31. The van der Waals surface area contributed by atoms with Gasteiger partial charge in [0.05, 0.1) is 11.0 Å². The normalized spacial score (nSPS) is 12.0. The number of anilines is 1. The van der Waals surface area contributed by atoms with Gasteiger partial charge in [-0.25, -0.2) is 4.39 Å². The molecule has 132 valence electrons. The molecular weight excluding hydrogens is 349 g/mol. The summed E-state index contributed by atoms with van der Waals surface area (Å²) in [4.78, 5) is 24.4. The smallest absolute Gasteiger partial charge is 0.292 e. The van der Waals surface area contributed by atoms with Crippen LogP contribution in [0.1, 0.15) is 12.5 Å². The van der Waals surface area contributed by atoms with Crippen molar-refractivity contribution >= 4 is 28.9 Å². The van der Waals surface area contributed by atoms with E-state index in [0.717, 1.165) is 0 Å². The lowest BCUT2D eigenvalue weighted by Gasteiger charge is -2.24. The summed E-state index contributed by atoms with van der Waals surface area (Å²) in [5.41, 5.74) is 0.210. The predicted molar refractivity (Wildman–Crippen MR) is 94.1 cm³/mol. The number of nitrogens with one attached hydrogen (secondary N) is 1. The number of nitro benzene ring substituents is 1. The number of hydrogen-bond donors (Lipinski definition) is 1. The molecule has 0 unspecified atom stereocenters. The van der Waals surface area contributed by atoms with Gasteiger partial charge in [0.1, 0.15) is 11.5 Å². The van der Waals surface area contributed by atoms with E-state index in [1.165, 1.54) is 30.3 Å². The summed E-state index contributed by atoms with van der Waals surface area (Å²) < 4.78 is 13.9. The fraction of sp³-hybridized carbons (Fsp3) is 0.235. The van der Waals surface area contributed by atoms with Gasteiger partial charge in [0.25, 0.3) is 5.69 Å². The van der Waals surface area contributed by atoms with Crippen molar-refractivity contribution in [1.82, 2.24) is 4.90 Å². The summed E-state index contributed by atoms with van der Waals surface area (Å²) >= 11 is 6.00. The Morgan fingerprint density at radius 2 is 2.00 bits per heavy atom. The van der Waals surface area contributed by atoms with E-state index in [-0.39, 0.29) is 28.5 Å². The third kappa shape index (κ3) is 4.52. The van der Waals surface area contributed by atoms with E-state index in [0.29, 0.717) is 0 Å². The molecule has 2 aromatic rings. The quantitative estimate of drug-likeness (QED) is 0.623. The van der Waals surface area contributed by atoms with Crippen molar-refractivity contribution in [2.75, 3.05) is 12.4 Å². The van der Waals surface area contributed by atoms with Gasteiger partial charge in [0, 0.05) is 23.2 Å². The molecule has 8 heteroatoms. The zero-order valence-electron chi connectivity index (χ0n) is 13.7. The second kappa shape index (κ2) is 8.04. The molecule has 0 bridgehead atoms. The Labute approximate surface area is 149 Å². The largest absolute Gasteiger partial charge is 0.319 e. The number of amides is 1. The molecule has 1 amide bonds. The lowest BCUT2D eigenvalue weighted by molar-refractivity contribution is -0.383. The van der Waals surface area contributed by atoms with Crippen LogP contribution in [0.3, 0.4) is 0 Å². The minimum absolute atomic E-state index is 0.113. The van der Waals surface area contributed by atoms with Gasteiger partial charge in [-0.15, -0.1) is 0 Å². The maximum atomic E-state index is 13.9. The fourth-order valence-corrected chi connectivity index (χ4v) is 2.47. The maximum absolute atomic E-state index is 13.9. The molecule has 2 aromatic carbocycles. The van der Waals surface area contributed by atoms with E-state index >= 15 is 0 Å². The highest BCUT2D eigenvalue weighted by atomic mass is 35.5. The lowest BCUT2D eigenvalue weighted by Crippen LogP contribution is -2.39. The molecule has 0 saturated carbocycles. The Morgan fingerprint density at radius 1 is 1.32 bits per heavy atom. The molecule has 0 saturated heterocycles. The first-order valence-corrected chi connectivity index (χ1v) is 7.86. The Balaban J connectivity index is 2.11. The van der Waals surface area contributed by atoms with Crippen molar-refractivity contribution in [2.45, 2.75) is 19.5 Å². The topological polar surface area (TPSA) is 75.5 Å². The molecule has 6 nitrogen and oxygen atoms in total. The van der Waals surface area contributed by atoms with E-state index in [4.69, 9.17) is 11.6 Å². The van der Waals surface area contributed by atoms with Crippen LogP contribution in [0.5, 0.6) is 0 Å². The number of likely N-dealkylation sites (N-methyl/N-ethyl adjacent to an activating group) is 1. The van der Waals surface area contributed by atoms with Crippen LogP contribution in [-0.2, 0) is 11.3 Å². The highest BCUT2D eigenvalue weighted by Crippen LogP contribution is 2.24. The van der Waals surface area contributed by atoms with Crippen LogP contribution in [0.25, 0.3) is 0 Å². The third-order valence-corrected chi connectivity index (χ3v) is 4.22. The Kier molecular flexibility index (Phi) is 6.06. The van der Waals surface area contributed by atoms with Crippen molar-refractivity contribution < 1.29 is 14.1 Å². The molecule has 0 fully saturated rings. The minimum Gasteiger partial charge on any atom is -0.319 e. The van der Waals surface area contributed by atoms with Gasteiger partial charge in [-0.3, -0.25) is 19.8 Å². The fourth-order valence-electron chi connectivity index (χ4n) is 2.25. The molecule has 0 aliphatic carbocycles. The van der Waals surface area contributed by atoms with Gasteiger partial charge in [-0.1, -0.05) is 29.8 Å². The summed E-state index contributed by atoms with van der Waals surface area (Å²) in [5, 5.41) is 13.8. The van der Waals surface area contributed by atoms with Crippen LogP contribution in [0.4, 0.5) is 15.8 Å². The van der Waals surface area contributed by atoms with E-state index in [9.17, 15) is 19.3 Å². The molecule has 25 heavy (non-hydrogen) atoms. The first-order valence-electron chi connectivity index (χ1n) is 7.48. The maximum Gasteiger partial charge on any atom is 0.292 e. The van der Waals surface area contributed by atoms with Crippen molar-refractivity contribution in [3.05, 3.63) is 69.0 Å². The predicted octanol–water partition coefficient (Wildman–Crippen LogP) is 3.85. The Bertz CT molecular complexity index is 780.